The van der Waals surface area contributed by atoms with Gasteiger partial charge in [0.1, 0.15) is 0 Å². The number of ether oxygens (including phenoxy) is 1. The van der Waals surface area contributed by atoms with Gasteiger partial charge in [0, 0.05) is 0 Å². The average Bonchev–Trinajstić information content (AvgIpc) is 2.44. The summed E-state index contributed by atoms with van der Waals surface area (Å²) in [7, 11) is 0. The van der Waals surface area contributed by atoms with Crippen molar-refractivity contribution >= 4 is 5.97 Å². The number of benzene rings is 1. The first kappa shape index (κ1) is 15.5. The molecule has 0 fully saturated rings. The zero-order chi connectivity index (χ0) is 14.1. The van der Waals surface area contributed by atoms with E-state index >= 15 is 0 Å². The third-order valence-electron chi connectivity index (χ3n) is 3.33. The van der Waals surface area contributed by atoms with Gasteiger partial charge in [0.25, 0.3) is 0 Å². The van der Waals surface area contributed by atoms with Crippen LogP contribution in [0.25, 0.3) is 0 Å². The number of carbonyl (C=O) groups excluding carboxylic acids is 1. The molecule has 2 heteroatoms. The first-order chi connectivity index (χ1) is 9.15. The maximum absolute atomic E-state index is 11.7. The third kappa shape index (κ3) is 5.73. The molecule has 0 aromatic heterocycles. The van der Waals surface area contributed by atoms with Crippen molar-refractivity contribution in [3.63, 3.8) is 0 Å². The van der Waals surface area contributed by atoms with Crippen molar-refractivity contribution in [2.45, 2.75) is 40.0 Å². The Bertz CT molecular complexity index is 407. The van der Waals surface area contributed by atoms with E-state index in [1.807, 2.05) is 18.2 Å². The Balaban J connectivity index is 2.31. The van der Waals surface area contributed by atoms with Gasteiger partial charge in [0.05, 0.1) is 12.2 Å². The van der Waals surface area contributed by atoms with Crippen LogP contribution in [0, 0.1) is 5.92 Å². The van der Waals surface area contributed by atoms with Gasteiger partial charge < -0.3 is 4.74 Å². The quantitative estimate of drug-likeness (QED) is 0.406. The van der Waals surface area contributed by atoms with E-state index in [2.05, 4.69) is 26.8 Å². The van der Waals surface area contributed by atoms with Gasteiger partial charge in [-0.1, -0.05) is 50.1 Å². The van der Waals surface area contributed by atoms with Crippen LogP contribution in [-0.4, -0.2) is 12.6 Å². The number of esters is 1. The lowest BCUT2D eigenvalue weighted by molar-refractivity contribution is 0.0511. The number of hydrogen-bond acceptors (Lipinski definition) is 2. The predicted octanol–water partition coefficient (Wildman–Crippen LogP) is 4.62. The van der Waals surface area contributed by atoms with Crippen molar-refractivity contribution in [3.8, 4) is 0 Å². The molecule has 19 heavy (non-hydrogen) atoms. The fourth-order valence-corrected chi connectivity index (χ4v) is 1.96. The summed E-state index contributed by atoms with van der Waals surface area (Å²) < 4.78 is 5.23. The molecule has 0 aliphatic heterocycles. The molecular weight excluding hydrogens is 236 g/mol. The summed E-state index contributed by atoms with van der Waals surface area (Å²) >= 11 is 0. The molecule has 0 aliphatic rings. The monoisotopic (exact) mass is 260 g/mol. The van der Waals surface area contributed by atoms with Crippen LogP contribution in [0.5, 0.6) is 0 Å². The Labute approximate surface area is 116 Å². The van der Waals surface area contributed by atoms with E-state index in [4.69, 9.17) is 4.74 Å². The van der Waals surface area contributed by atoms with E-state index in [9.17, 15) is 4.79 Å². The second-order valence-corrected chi connectivity index (χ2v) is 4.93. The molecule has 1 atom stereocenters. The fraction of sp³-hybridized carbons (Fsp3) is 0.471. The topological polar surface area (TPSA) is 26.3 Å². The molecule has 1 aromatic carbocycles. The van der Waals surface area contributed by atoms with Crippen LogP contribution in [0.1, 0.15) is 50.4 Å². The van der Waals surface area contributed by atoms with Gasteiger partial charge in [-0.2, -0.15) is 0 Å². The lowest BCUT2D eigenvalue weighted by Crippen LogP contribution is -2.06. The molecule has 0 amide bonds. The largest absolute Gasteiger partial charge is 0.462 e. The first-order valence-electron chi connectivity index (χ1n) is 7.04. The standard InChI is InChI=1S/C17H24O2/c1-4-9-14(2)15(3)10-8-13-19-17(18)16-11-6-5-7-12-16/h5-7,10-12,14H,4,8-9,13H2,1-3H3/b15-10+. The second-order valence-electron chi connectivity index (χ2n) is 4.93. The van der Waals surface area contributed by atoms with Gasteiger partial charge in [0.2, 0.25) is 0 Å². The molecular formula is C17H24O2. The van der Waals surface area contributed by atoms with Gasteiger partial charge in [-0.05, 0) is 37.8 Å². The molecule has 0 saturated heterocycles. The zero-order valence-electron chi connectivity index (χ0n) is 12.2. The first-order valence-corrected chi connectivity index (χ1v) is 7.04. The molecule has 0 saturated carbocycles. The van der Waals surface area contributed by atoms with E-state index < -0.39 is 0 Å². The van der Waals surface area contributed by atoms with Crippen LogP contribution in [-0.2, 0) is 4.74 Å². The zero-order valence-corrected chi connectivity index (χ0v) is 12.2. The van der Waals surface area contributed by atoms with Crippen molar-refractivity contribution < 1.29 is 9.53 Å². The lowest BCUT2D eigenvalue weighted by atomic mass is 9.97. The summed E-state index contributed by atoms with van der Waals surface area (Å²) in [6.07, 6.45) is 5.39. The molecule has 0 bridgehead atoms. The minimum atomic E-state index is -0.242. The predicted molar refractivity (Wildman–Crippen MR) is 79.2 cm³/mol. The molecule has 2 nitrogen and oxygen atoms in total. The van der Waals surface area contributed by atoms with Crippen LogP contribution in [0.2, 0.25) is 0 Å². The van der Waals surface area contributed by atoms with Crippen molar-refractivity contribution in [1.29, 1.82) is 0 Å². The minimum absolute atomic E-state index is 0.242. The summed E-state index contributed by atoms with van der Waals surface area (Å²) in [6.45, 7) is 7.04. The van der Waals surface area contributed by atoms with Crippen LogP contribution in [0.4, 0.5) is 0 Å². The molecule has 0 spiro atoms. The normalized spacial score (nSPS) is 13.1. The SMILES string of the molecule is CCCC(C)/C(C)=C/CCOC(=O)c1ccccc1. The average molecular weight is 260 g/mol. The summed E-state index contributed by atoms with van der Waals surface area (Å²) in [5, 5.41) is 0. The van der Waals surface area contributed by atoms with Gasteiger partial charge in [-0.25, -0.2) is 4.79 Å². The summed E-state index contributed by atoms with van der Waals surface area (Å²) in [5.74, 6) is 0.378. The highest BCUT2D eigenvalue weighted by molar-refractivity contribution is 5.89. The van der Waals surface area contributed by atoms with E-state index in [1.165, 1.54) is 18.4 Å². The molecule has 0 aliphatic carbocycles. The summed E-state index contributed by atoms with van der Waals surface area (Å²) in [5.41, 5.74) is 2.00. The molecule has 0 heterocycles. The second kappa shape index (κ2) is 8.52. The molecule has 0 radical (unpaired) electrons. The van der Waals surface area contributed by atoms with Gasteiger partial charge >= 0.3 is 5.97 Å². The molecule has 1 aromatic rings. The number of hydrogen-bond donors (Lipinski definition) is 0. The van der Waals surface area contributed by atoms with Gasteiger partial charge in [0.15, 0.2) is 0 Å². The Hall–Kier alpha value is -1.57. The van der Waals surface area contributed by atoms with Gasteiger partial charge in [-0.3, -0.25) is 0 Å². The number of rotatable bonds is 7. The molecule has 1 unspecified atom stereocenters. The van der Waals surface area contributed by atoms with Crippen LogP contribution < -0.4 is 0 Å². The van der Waals surface area contributed by atoms with E-state index in [1.54, 1.807) is 12.1 Å². The van der Waals surface area contributed by atoms with Crippen LogP contribution in [0.15, 0.2) is 42.0 Å². The fourth-order valence-electron chi connectivity index (χ4n) is 1.96. The summed E-state index contributed by atoms with van der Waals surface area (Å²) in [6, 6.07) is 9.11. The van der Waals surface area contributed by atoms with E-state index in [0.29, 0.717) is 18.1 Å². The van der Waals surface area contributed by atoms with E-state index in [-0.39, 0.29) is 5.97 Å². The minimum Gasteiger partial charge on any atom is -0.462 e. The molecule has 1 rings (SSSR count). The Kier molecular flexibility index (Phi) is 6.94. The van der Waals surface area contributed by atoms with Crippen LogP contribution in [0.3, 0.4) is 0 Å². The highest BCUT2D eigenvalue weighted by atomic mass is 16.5. The van der Waals surface area contributed by atoms with Crippen molar-refractivity contribution in [1.82, 2.24) is 0 Å². The number of carbonyl (C=O) groups is 1. The van der Waals surface area contributed by atoms with Crippen LogP contribution >= 0.6 is 0 Å². The molecule has 0 N–H and O–H groups in total. The van der Waals surface area contributed by atoms with Crippen molar-refractivity contribution in [3.05, 3.63) is 47.5 Å². The Morgan fingerprint density at radius 3 is 2.63 bits per heavy atom. The maximum atomic E-state index is 11.7. The Morgan fingerprint density at radius 1 is 1.32 bits per heavy atom. The van der Waals surface area contributed by atoms with E-state index in [0.717, 1.165) is 6.42 Å². The highest BCUT2D eigenvalue weighted by Gasteiger charge is 2.05. The lowest BCUT2D eigenvalue weighted by Gasteiger charge is -2.10. The number of allylic oxidation sites excluding steroid dienone is 1. The molecule has 104 valence electrons. The third-order valence-corrected chi connectivity index (χ3v) is 3.33. The smallest absolute Gasteiger partial charge is 0.338 e. The highest BCUT2D eigenvalue weighted by Crippen LogP contribution is 2.16. The summed E-state index contributed by atoms with van der Waals surface area (Å²) in [4.78, 5) is 11.7. The van der Waals surface area contributed by atoms with Gasteiger partial charge in [-0.15, -0.1) is 0 Å². The van der Waals surface area contributed by atoms with Crippen molar-refractivity contribution in [2.24, 2.45) is 5.92 Å². The Morgan fingerprint density at radius 2 is 2.00 bits per heavy atom. The van der Waals surface area contributed by atoms with Crippen molar-refractivity contribution in [2.75, 3.05) is 6.61 Å². The maximum Gasteiger partial charge on any atom is 0.338 e.